The molecule has 1 heterocycles. The van der Waals surface area contributed by atoms with Gasteiger partial charge in [-0.25, -0.2) is 18.1 Å². The average Bonchev–Trinajstić information content (AvgIpc) is 2.96. The number of hydrogen-bond donors (Lipinski definition) is 2. The maximum atomic E-state index is 12.1. The number of aromatic nitrogens is 2. The third-order valence-corrected chi connectivity index (χ3v) is 4.41. The number of benzene rings is 1. The number of hydrogen-bond acceptors (Lipinski definition) is 5. The largest absolute Gasteiger partial charge is 0.398 e. The van der Waals surface area contributed by atoms with E-state index in [-0.39, 0.29) is 10.6 Å². The fourth-order valence-electron chi connectivity index (χ4n) is 1.83. The van der Waals surface area contributed by atoms with Crippen molar-refractivity contribution in [2.75, 3.05) is 12.3 Å². The maximum absolute atomic E-state index is 12.1. The summed E-state index contributed by atoms with van der Waals surface area (Å²) in [4.78, 5) is 3.90. The fraction of sp³-hybridized carbons (Fsp3) is 0.231. The number of nitrogens with one attached hydrogen (secondary N) is 1. The van der Waals surface area contributed by atoms with Crippen LogP contribution in [0.2, 0.25) is 0 Å². The Hall–Kier alpha value is -2.37. The Balaban J connectivity index is 1.97. The summed E-state index contributed by atoms with van der Waals surface area (Å²) in [6, 6.07) is 6.02. The minimum Gasteiger partial charge on any atom is -0.398 e. The molecule has 7 nitrogen and oxygen atoms in total. The molecule has 0 spiro atoms. The third kappa shape index (κ3) is 3.81. The van der Waals surface area contributed by atoms with E-state index in [1.807, 2.05) is 16.8 Å². The van der Waals surface area contributed by atoms with Crippen LogP contribution in [-0.2, 0) is 16.6 Å². The molecule has 2 rings (SSSR count). The smallest absolute Gasteiger partial charge is 0.242 e. The van der Waals surface area contributed by atoms with Crippen molar-refractivity contribution >= 4 is 15.7 Å². The van der Waals surface area contributed by atoms with E-state index in [0.717, 1.165) is 0 Å². The molecule has 0 aliphatic heterocycles. The molecular weight excluding hydrogens is 290 g/mol. The zero-order valence-corrected chi connectivity index (χ0v) is 12.0. The molecule has 0 fully saturated rings. The van der Waals surface area contributed by atoms with Crippen LogP contribution in [0.5, 0.6) is 0 Å². The van der Waals surface area contributed by atoms with Gasteiger partial charge in [0.25, 0.3) is 0 Å². The molecule has 3 N–H and O–H groups in total. The van der Waals surface area contributed by atoms with Crippen molar-refractivity contribution < 1.29 is 8.42 Å². The summed E-state index contributed by atoms with van der Waals surface area (Å²) >= 11 is 0. The lowest BCUT2D eigenvalue weighted by Crippen LogP contribution is -2.26. The van der Waals surface area contributed by atoms with Gasteiger partial charge in [-0.1, -0.05) is 0 Å². The Morgan fingerprint density at radius 2 is 2.24 bits per heavy atom. The molecule has 0 bridgehead atoms. The predicted octanol–water partition coefficient (Wildman–Crippen LogP) is 0.706. The summed E-state index contributed by atoms with van der Waals surface area (Å²) in [6.07, 6.45) is 5.79. The second-order valence-electron chi connectivity index (χ2n) is 4.42. The minimum absolute atomic E-state index is 0.0101. The van der Waals surface area contributed by atoms with E-state index >= 15 is 0 Å². The number of imidazole rings is 1. The summed E-state index contributed by atoms with van der Waals surface area (Å²) in [7, 11) is -3.67. The van der Waals surface area contributed by atoms with E-state index in [0.29, 0.717) is 25.1 Å². The van der Waals surface area contributed by atoms with Crippen molar-refractivity contribution in [3.63, 3.8) is 0 Å². The molecule has 0 saturated heterocycles. The number of nitrogens with two attached hydrogens (primary N) is 1. The molecule has 1 aromatic heterocycles. The molecule has 0 unspecified atom stereocenters. The zero-order valence-electron chi connectivity index (χ0n) is 11.2. The molecule has 0 radical (unpaired) electrons. The normalized spacial score (nSPS) is 11.2. The third-order valence-electron chi connectivity index (χ3n) is 2.87. The van der Waals surface area contributed by atoms with Crippen LogP contribution in [-0.4, -0.2) is 24.5 Å². The van der Waals surface area contributed by atoms with Crippen molar-refractivity contribution in [1.29, 1.82) is 5.26 Å². The van der Waals surface area contributed by atoms with Gasteiger partial charge in [-0.05, 0) is 24.6 Å². The van der Waals surface area contributed by atoms with Gasteiger partial charge in [0.05, 0.1) is 23.6 Å². The Morgan fingerprint density at radius 3 is 2.86 bits per heavy atom. The van der Waals surface area contributed by atoms with Crippen LogP contribution in [0.1, 0.15) is 12.0 Å². The van der Waals surface area contributed by atoms with Gasteiger partial charge >= 0.3 is 0 Å². The topological polar surface area (TPSA) is 114 Å². The molecule has 0 aliphatic rings. The first-order valence-electron chi connectivity index (χ1n) is 6.28. The number of aryl methyl sites for hydroxylation is 1. The molecule has 1 aromatic carbocycles. The van der Waals surface area contributed by atoms with E-state index in [4.69, 9.17) is 11.0 Å². The van der Waals surface area contributed by atoms with Gasteiger partial charge in [0.1, 0.15) is 4.90 Å². The highest BCUT2D eigenvalue weighted by Crippen LogP contribution is 2.19. The highest BCUT2D eigenvalue weighted by Gasteiger charge is 2.16. The zero-order chi connectivity index (χ0) is 15.3. The van der Waals surface area contributed by atoms with Crippen LogP contribution in [0.4, 0.5) is 5.69 Å². The van der Waals surface area contributed by atoms with Gasteiger partial charge in [0.2, 0.25) is 10.0 Å². The second kappa shape index (κ2) is 6.39. The number of nitriles is 1. The molecule has 2 aromatic rings. The van der Waals surface area contributed by atoms with Crippen LogP contribution < -0.4 is 10.5 Å². The predicted molar refractivity (Wildman–Crippen MR) is 77.6 cm³/mol. The van der Waals surface area contributed by atoms with Crippen molar-refractivity contribution in [2.24, 2.45) is 0 Å². The van der Waals surface area contributed by atoms with Gasteiger partial charge < -0.3 is 10.3 Å². The highest BCUT2D eigenvalue weighted by molar-refractivity contribution is 7.89. The van der Waals surface area contributed by atoms with E-state index in [1.165, 1.54) is 18.2 Å². The fourth-order valence-corrected chi connectivity index (χ4v) is 3.01. The van der Waals surface area contributed by atoms with Gasteiger partial charge in [-0.3, -0.25) is 0 Å². The Morgan fingerprint density at radius 1 is 1.43 bits per heavy atom. The molecule has 0 amide bonds. The van der Waals surface area contributed by atoms with Crippen LogP contribution in [0.25, 0.3) is 0 Å². The first kappa shape index (κ1) is 15.0. The van der Waals surface area contributed by atoms with Crippen molar-refractivity contribution in [3.05, 3.63) is 42.5 Å². The number of sulfonamides is 1. The molecule has 21 heavy (non-hydrogen) atoms. The quantitative estimate of drug-likeness (QED) is 0.602. The van der Waals surface area contributed by atoms with Crippen molar-refractivity contribution in [3.8, 4) is 6.07 Å². The summed E-state index contributed by atoms with van der Waals surface area (Å²) < 4.78 is 28.6. The van der Waals surface area contributed by atoms with E-state index in [2.05, 4.69) is 9.71 Å². The van der Waals surface area contributed by atoms with Crippen molar-refractivity contribution in [1.82, 2.24) is 14.3 Å². The summed E-state index contributed by atoms with van der Waals surface area (Å²) in [5.41, 5.74) is 6.07. The van der Waals surface area contributed by atoms with Crippen molar-refractivity contribution in [2.45, 2.75) is 17.9 Å². The summed E-state index contributed by atoms with van der Waals surface area (Å²) in [5.74, 6) is 0. The van der Waals surface area contributed by atoms with Crippen LogP contribution >= 0.6 is 0 Å². The molecule has 110 valence electrons. The first-order valence-corrected chi connectivity index (χ1v) is 7.76. The van der Waals surface area contributed by atoms with Gasteiger partial charge in [-0.2, -0.15) is 5.26 Å². The van der Waals surface area contributed by atoms with E-state index < -0.39 is 10.0 Å². The first-order chi connectivity index (χ1) is 10.0. The minimum atomic E-state index is -3.67. The number of anilines is 1. The van der Waals surface area contributed by atoms with Crippen LogP contribution in [0, 0.1) is 11.3 Å². The van der Waals surface area contributed by atoms with Gasteiger partial charge in [0, 0.05) is 25.5 Å². The molecule has 0 atom stereocenters. The maximum Gasteiger partial charge on any atom is 0.242 e. The van der Waals surface area contributed by atoms with E-state index in [1.54, 1.807) is 12.5 Å². The average molecular weight is 305 g/mol. The second-order valence-corrected chi connectivity index (χ2v) is 6.15. The Kier molecular flexibility index (Phi) is 4.57. The molecule has 0 aliphatic carbocycles. The summed E-state index contributed by atoms with van der Waals surface area (Å²) in [5, 5.41) is 8.74. The van der Waals surface area contributed by atoms with Crippen LogP contribution in [0.15, 0.2) is 41.8 Å². The Labute approximate surface area is 123 Å². The molecule has 0 saturated carbocycles. The number of rotatable bonds is 6. The number of nitrogen functional groups attached to an aromatic ring is 1. The highest BCUT2D eigenvalue weighted by atomic mass is 32.2. The number of nitrogens with zero attached hydrogens (tertiary/aromatic N) is 3. The monoisotopic (exact) mass is 305 g/mol. The lowest BCUT2D eigenvalue weighted by atomic mass is 10.2. The lowest BCUT2D eigenvalue weighted by molar-refractivity contribution is 0.570. The van der Waals surface area contributed by atoms with Gasteiger partial charge in [0.15, 0.2) is 0 Å². The Bertz CT molecular complexity index is 747. The SMILES string of the molecule is N#Cc1ccc(S(=O)(=O)NCCCn2ccnc2)c(N)c1. The molecule has 8 heteroatoms. The van der Waals surface area contributed by atoms with Gasteiger partial charge in [-0.15, -0.1) is 0 Å². The standard InChI is InChI=1S/C13H15N5O2S/c14-9-11-2-3-13(12(15)8-11)21(19,20)17-4-1-6-18-7-5-16-10-18/h2-3,5,7-8,10,17H,1,4,6,15H2. The molecular formula is C13H15N5O2S. The lowest BCUT2D eigenvalue weighted by Gasteiger charge is -2.09. The summed E-state index contributed by atoms with van der Waals surface area (Å²) in [6.45, 7) is 0.964. The van der Waals surface area contributed by atoms with Crippen LogP contribution in [0.3, 0.4) is 0 Å². The van der Waals surface area contributed by atoms with E-state index in [9.17, 15) is 8.42 Å².